The molecular weight excluding hydrogens is 382 g/mol. The summed E-state index contributed by atoms with van der Waals surface area (Å²) in [5.41, 5.74) is 2.30. The number of carbonyl (C=O) groups excluding carboxylic acids is 1. The molecule has 0 unspecified atom stereocenters. The maximum absolute atomic E-state index is 13.4. The van der Waals surface area contributed by atoms with E-state index < -0.39 is 0 Å². The van der Waals surface area contributed by atoms with Crippen LogP contribution < -0.4 is 14.2 Å². The molecule has 2 heterocycles. The quantitative estimate of drug-likeness (QED) is 0.500. The summed E-state index contributed by atoms with van der Waals surface area (Å²) < 4.78 is 19.2. The molecular formula is C23H29N3O4. The fraction of sp³-hybridized carbons (Fsp3) is 0.391. The van der Waals surface area contributed by atoms with Crippen molar-refractivity contribution in [2.24, 2.45) is 0 Å². The highest BCUT2D eigenvalue weighted by atomic mass is 16.5. The highest BCUT2D eigenvalue weighted by molar-refractivity contribution is 5.95. The van der Waals surface area contributed by atoms with Gasteiger partial charge >= 0.3 is 0 Å². The summed E-state index contributed by atoms with van der Waals surface area (Å²) in [5, 5.41) is 0. The summed E-state index contributed by atoms with van der Waals surface area (Å²) in [7, 11) is 0. The third-order valence-electron chi connectivity index (χ3n) is 4.67. The number of benzene rings is 1. The second-order valence-corrected chi connectivity index (χ2v) is 6.60. The largest absolute Gasteiger partial charge is 0.490 e. The van der Waals surface area contributed by atoms with Crippen molar-refractivity contribution in [2.45, 2.75) is 34.2 Å². The third-order valence-corrected chi connectivity index (χ3v) is 4.67. The Morgan fingerprint density at radius 3 is 2.27 bits per heavy atom. The van der Waals surface area contributed by atoms with Crippen molar-refractivity contribution in [1.82, 2.24) is 14.3 Å². The Bertz CT molecular complexity index is 972. The normalized spacial score (nSPS) is 10.8. The van der Waals surface area contributed by atoms with Crippen LogP contribution in [0.5, 0.6) is 17.2 Å². The van der Waals surface area contributed by atoms with Gasteiger partial charge in [0.05, 0.1) is 38.3 Å². The highest BCUT2D eigenvalue weighted by Gasteiger charge is 2.22. The van der Waals surface area contributed by atoms with Crippen molar-refractivity contribution in [2.75, 3.05) is 26.4 Å². The van der Waals surface area contributed by atoms with Crippen molar-refractivity contribution >= 4 is 11.6 Å². The van der Waals surface area contributed by atoms with E-state index >= 15 is 0 Å². The number of ether oxygens (including phenoxy) is 3. The zero-order valence-corrected chi connectivity index (χ0v) is 18.1. The first-order chi connectivity index (χ1) is 14.6. The third kappa shape index (κ3) is 4.50. The molecule has 0 aliphatic carbocycles. The van der Waals surface area contributed by atoms with E-state index in [2.05, 4.69) is 4.98 Å². The van der Waals surface area contributed by atoms with Gasteiger partial charge in [0, 0.05) is 18.3 Å². The van der Waals surface area contributed by atoms with Crippen LogP contribution >= 0.6 is 0 Å². The standard InChI is InChI=1S/C23H29N3O4/c1-5-25(16-18-15-24-21-11-9-10-12-26(18)21)23(27)17-13-19(28-6-2)22(30-8-4)20(14-17)29-7-3/h9-15H,5-8,16H2,1-4H3. The summed E-state index contributed by atoms with van der Waals surface area (Å²) in [6.45, 7) is 10.1. The van der Waals surface area contributed by atoms with Crippen LogP contribution in [0.15, 0.2) is 42.7 Å². The van der Waals surface area contributed by atoms with Gasteiger partial charge in [-0.15, -0.1) is 0 Å². The van der Waals surface area contributed by atoms with Crippen LogP contribution in [0.3, 0.4) is 0 Å². The summed E-state index contributed by atoms with van der Waals surface area (Å²) >= 11 is 0. The molecule has 7 heteroatoms. The van der Waals surface area contributed by atoms with E-state index in [1.165, 1.54) is 0 Å². The minimum atomic E-state index is -0.103. The molecule has 0 radical (unpaired) electrons. The Labute approximate surface area is 177 Å². The van der Waals surface area contributed by atoms with E-state index in [0.29, 0.717) is 55.7 Å². The van der Waals surface area contributed by atoms with Crippen LogP contribution in [0.2, 0.25) is 0 Å². The van der Waals surface area contributed by atoms with Crippen LogP contribution in [0, 0.1) is 0 Å². The molecule has 0 N–H and O–H groups in total. The first kappa shape index (κ1) is 21.5. The Kier molecular flexibility index (Phi) is 7.17. The van der Waals surface area contributed by atoms with Gasteiger partial charge in [-0.3, -0.25) is 4.79 Å². The van der Waals surface area contributed by atoms with Crippen LogP contribution in [0.4, 0.5) is 0 Å². The number of pyridine rings is 1. The van der Waals surface area contributed by atoms with Gasteiger partial charge in [0.2, 0.25) is 5.75 Å². The summed E-state index contributed by atoms with van der Waals surface area (Å²) in [6, 6.07) is 9.30. The smallest absolute Gasteiger partial charge is 0.254 e. The fourth-order valence-electron chi connectivity index (χ4n) is 3.32. The average Bonchev–Trinajstić information content (AvgIpc) is 3.17. The molecule has 0 atom stereocenters. The van der Waals surface area contributed by atoms with Crippen molar-refractivity contribution in [3.8, 4) is 17.2 Å². The van der Waals surface area contributed by atoms with E-state index in [-0.39, 0.29) is 5.91 Å². The number of imidazole rings is 1. The average molecular weight is 412 g/mol. The molecule has 3 rings (SSSR count). The van der Waals surface area contributed by atoms with Gasteiger partial charge in [0.25, 0.3) is 5.91 Å². The predicted molar refractivity (Wildman–Crippen MR) is 116 cm³/mol. The fourth-order valence-corrected chi connectivity index (χ4v) is 3.32. The molecule has 0 aliphatic heterocycles. The molecule has 0 fully saturated rings. The second kappa shape index (κ2) is 10.0. The summed E-state index contributed by atoms with van der Waals surface area (Å²) in [4.78, 5) is 19.6. The molecule has 7 nitrogen and oxygen atoms in total. The summed E-state index contributed by atoms with van der Waals surface area (Å²) in [6.07, 6.45) is 3.76. The van der Waals surface area contributed by atoms with E-state index in [4.69, 9.17) is 14.2 Å². The molecule has 0 bridgehead atoms. The number of fused-ring (bicyclic) bond motifs is 1. The number of rotatable bonds is 10. The molecule has 0 saturated carbocycles. The topological polar surface area (TPSA) is 65.3 Å². The molecule has 1 aromatic carbocycles. The molecule has 0 aliphatic rings. The Morgan fingerprint density at radius 1 is 1.00 bits per heavy atom. The van der Waals surface area contributed by atoms with E-state index in [9.17, 15) is 4.79 Å². The van der Waals surface area contributed by atoms with E-state index in [1.807, 2.05) is 56.5 Å². The number of aromatic nitrogens is 2. The summed E-state index contributed by atoms with van der Waals surface area (Å²) in [5.74, 6) is 1.45. The lowest BCUT2D eigenvalue weighted by atomic mass is 10.1. The number of nitrogens with zero attached hydrogens (tertiary/aromatic N) is 3. The number of carbonyl (C=O) groups is 1. The lowest BCUT2D eigenvalue weighted by molar-refractivity contribution is 0.0749. The molecule has 2 aromatic heterocycles. The zero-order chi connectivity index (χ0) is 21.5. The van der Waals surface area contributed by atoms with Gasteiger partial charge in [-0.25, -0.2) is 4.98 Å². The maximum atomic E-state index is 13.4. The van der Waals surface area contributed by atoms with E-state index in [0.717, 1.165) is 11.3 Å². The van der Waals surface area contributed by atoms with Gasteiger partial charge in [0.1, 0.15) is 5.65 Å². The SMILES string of the molecule is CCOc1cc(C(=O)N(CC)Cc2cnc3ccccn23)cc(OCC)c1OCC. The van der Waals surface area contributed by atoms with Crippen LogP contribution in [-0.2, 0) is 6.54 Å². The lowest BCUT2D eigenvalue weighted by Crippen LogP contribution is -2.31. The highest BCUT2D eigenvalue weighted by Crippen LogP contribution is 2.39. The Hall–Kier alpha value is -3.22. The second-order valence-electron chi connectivity index (χ2n) is 6.60. The van der Waals surface area contributed by atoms with Crippen molar-refractivity contribution in [3.05, 3.63) is 54.0 Å². The van der Waals surface area contributed by atoms with Crippen molar-refractivity contribution in [1.29, 1.82) is 0 Å². The molecule has 3 aromatic rings. The lowest BCUT2D eigenvalue weighted by Gasteiger charge is -2.22. The number of amides is 1. The van der Waals surface area contributed by atoms with Crippen LogP contribution in [0.25, 0.3) is 5.65 Å². The minimum absolute atomic E-state index is 0.103. The number of hydrogen-bond donors (Lipinski definition) is 0. The van der Waals surface area contributed by atoms with E-state index in [1.54, 1.807) is 23.2 Å². The monoisotopic (exact) mass is 411 g/mol. The van der Waals surface area contributed by atoms with Gasteiger partial charge < -0.3 is 23.5 Å². The van der Waals surface area contributed by atoms with Gasteiger partial charge in [-0.2, -0.15) is 0 Å². The first-order valence-electron chi connectivity index (χ1n) is 10.4. The number of hydrogen-bond acceptors (Lipinski definition) is 5. The van der Waals surface area contributed by atoms with Crippen molar-refractivity contribution < 1.29 is 19.0 Å². The van der Waals surface area contributed by atoms with Crippen LogP contribution in [0.1, 0.15) is 43.7 Å². The molecule has 0 saturated heterocycles. The Morgan fingerprint density at radius 2 is 1.67 bits per heavy atom. The molecule has 1 amide bonds. The zero-order valence-electron chi connectivity index (χ0n) is 18.1. The van der Waals surface area contributed by atoms with Gasteiger partial charge in [0.15, 0.2) is 11.5 Å². The predicted octanol–water partition coefficient (Wildman–Crippen LogP) is 4.19. The molecule has 160 valence electrons. The first-order valence-corrected chi connectivity index (χ1v) is 10.4. The maximum Gasteiger partial charge on any atom is 0.254 e. The van der Waals surface area contributed by atoms with Gasteiger partial charge in [-0.05, 0) is 52.0 Å². The van der Waals surface area contributed by atoms with Gasteiger partial charge in [-0.1, -0.05) is 6.07 Å². The van der Waals surface area contributed by atoms with Crippen LogP contribution in [-0.4, -0.2) is 46.6 Å². The minimum Gasteiger partial charge on any atom is -0.490 e. The molecule has 30 heavy (non-hydrogen) atoms. The molecule has 0 spiro atoms. The van der Waals surface area contributed by atoms with Crippen molar-refractivity contribution in [3.63, 3.8) is 0 Å². The Balaban J connectivity index is 1.94.